The van der Waals surface area contributed by atoms with Gasteiger partial charge in [0.15, 0.2) is 0 Å². The Morgan fingerprint density at radius 3 is 2.50 bits per heavy atom. The fourth-order valence-electron chi connectivity index (χ4n) is 2.80. The number of nitrogens with one attached hydrogen (secondary N) is 1. The van der Waals surface area contributed by atoms with Gasteiger partial charge >= 0.3 is 0 Å². The average molecular weight is 325 g/mol. The zero-order valence-corrected chi connectivity index (χ0v) is 13.6. The lowest BCUT2D eigenvalue weighted by atomic mass is 9.91. The van der Waals surface area contributed by atoms with E-state index in [2.05, 4.69) is 5.32 Å². The predicted octanol–water partition coefficient (Wildman–Crippen LogP) is 2.90. The van der Waals surface area contributed by atoms with E-state index in [0.29, 0.717) is 23.3 Å². The zero-order chi connectivity index (χ0) is 14.7. The molecule has 0 aromatic heterocycles. The molecule has 0 saturated heterocycles. The van der Waals surface area contributed by atoms with Gasteiger partial charge in [0.05, 0.1) is 12.2 Å². The Hall–Kier alpha value is -1.26. The molecule has 2 aliphatic rings. The van der Waals surface area contributed by atoms with E-state index in [1.54, 1.807) is 0 Å². The van der Waals surface area contributed by atoms with Gasteiger partial charge in [-0.2, -0.15) is 0 Å². The van der Waals surface area contributed by atoms with Gasteiger partial charge in [-0.25, -0.2) is 0 Å². The van der Waals surface area contributed by atoms with E-state index in [-0.39, 0.29) is 24.4 Å². The number of rotatable bonds is 5. The van der Waals surface area contributed by atoms with Crippen molar-refractivity contribution in [3.63, 3.8) is 0 Å². The molecule has 1 amide bonds. The molecule has 1 aromatic rings. The molecule has 3 N–H and O–H groups in total. The summed E-state index contributed by atoms with van der Waals surface area (Å²) in [6.45, 7) is 0.725. The number of para-hydroxylation sites is 1. The third-order valence-corrected chi connectivity index (χ3v) is 4.41. The number of hydrogen-bond acceptors (Lipinski definition) is 3. The van der Waals surface area contributed by atoms with E-state index >= 15 is 0 Å². The molecule has 1 aromatic carbocycles. The largest absolute Gasteiger partial charge is 0.492 e. The van der Waals surface area contributed by atoms with Crippen molar-refractivity contribution in [2.75, 3.05) is 6.61 Å². The smallest absolute Gasteiger partial charge is 0.255 e. The van der Waals surface area contributed by atoms with Crippen molar-refractivity contribution < 1.29 is 9.53 Å². The molecule has 2 fully saturated rings. The highest BCUT2D eigenvalue weighted by molar-refractivity contribution is 5.97. The molecule has 0 spiro atoms. The lowest BCUT2D eigenvalue weighted by Crippen LogP contribution is -2.40. The van der Waals surface area contributed by atoms with Crippen LogP contribution >= 0.6 is 12.4 Å². The van der Waals surface area contributed by atoms with Crippen LogP contribution in [0.1, 0.15) is 48.9 Å². The van der Waals surface area contributed by atoms with E-state index in [1.165, 1.54) is 12.8 Å². The van der Waals surface area contributed by atoms with E-state index < -0.39 is 0 Å². The van der Waals surface area contributed by atoms with Crippen LogP contribution < -0.4 is 15.8 Å². The van der Waals surface area contributed by atoms with Gasteiger partial charge < -0.3 is 15.8 Å². The van der Waals surface area contributed by atoms with E-state index in [0.717, 1.165) is 32.3 Å². The quantitative estimate of drug-likeness (QED) is 0.875. The predicted molar refractivity (Wildman–Crippen MR) is 89.6 cm³/mol. The van der Waals surface area contributed by atoms with Crippen molar-refractivity contribution in [3.8, 4) is 5.75 Å². The number of carbonyl (C=O) groups is 1. The Bertz CT molecular complexity index is 497. The van der Waals surface area contributed by atoms with Gasteiger partial charge in [0.1, 0.15) is 5.75 Å². The molecule has 4 nitrogen and oxygen atoms in total. The van der Waals surface area contributed by atoms with Crippen LogP contribution in [0, 0.1) is 5.92 Å². The Morgan fingerprint density at radius 1 is 1.14 bits per heavy atom. The molecule has 2 saturated carbocycles. The zero-order valence-electron chi connectivity index (χ0n) is 12.8. The summed E-state index contributed by atoms with van der Waals surface area (Å²) in [5.74, 6) is 1.36. The normalized spacial score (nSPS) is 24.2. The van der Waals surface area contributed by atoms with Crippen molar-refractivity contribution in [1.82, 2.24) is 5.32 Å². The molecule has 0 unspecified atom stereocenters. The number of nitrogens with two attached hydrogens (primary N) is 1. The van der Waals surface area contributed by atoms with Crippen LogP contribution in [0.5, 0.6) is 5.75 Å². The maximum Gasteiger partial charge on any atom is 0.255 e. The summed E-state index contributed by atoms with van der Waals surface area (Å²) in [6, 6.07) is 8.07. The van der Waals surface area contributed by atoms with E-state index in [4.69, 9.17) is 10.5 Å². The summed E-state index contributed by atoms with van der Waals surface area (Å²) in [7, 11) is 0. The average Bonchev–Trinajstić information content (AvgIpc) is 3.32. The molecule has 0 aliphatic heterocycles. The fourth-order valence-corrected chi connectivity index (χ4v) is 2.80. The molecule has 122 valence electrons. The molecule has 22 heavy (non-hydrogen) atoms. The molecule has 0 bridgehead atoms. The molecule has 0 radical (unpaired) electrons. The third kappa shape index (κ3) is 4.62. The summed E-state index contributed by atoms with van der Waals surface area (Å²) < 4.78 is 5.81. The monoisotopic (exact) mass is 324 g/mol. The number of carbonyl (C=O) groups excluding carboxylic acids is 1. The van der Waals surface area contributed by atoms with Crippen LogP contribution in [0.4, 0.5) is 0 Å². The van der Waals surface area contributed by atoms with Gasteiger partial charge in [-0.15, -0.1) is 12.4 Å². The second-order valence-electron chi connectivity index (χ2n) is 6.34. The molecule has 5 heteroatoms. The Morgan fingerprint density at radius 2 is 1.82 bits per heavy atom. The van der Waals surface area contributed by atoms with Gasteiger partial charge in [-0.3, -0.25) is 4.79 Å². The summed E-state index contributed by atoms with van der Waals surface area (Å²) in [5.41, 5.74) is 6.55. The summed E-state index contributed by atoms with van der Waals surface area (Å²) in [6.07, 6.45) is 6.42. The number of amides is 1. The number of benzene rings is 1. The molecule has 3 rings (SSSR count). The minimum atomic E-state index is -0.0260. The van der Waals surface area contributed by atoms with Gasteiger partial charge in [0.25, 0.3) is 5.91 Å². The number of hydrogen-bond donors (Lipinski definition) is 2. The highest BCUT2D eigenvalue weighted by Crippen LogP contribution is 2.30. The number of halogens is 1. The highest BCUT2D eigenvalue weighted by Gasteiger charge is 2.24. The van der Waals surface area contributed by atoms with Crippen molar-refractivity contribution >= 4 is 18.3 Å². The first-order valence-corrected chi connectivity index (χ1v) is 8.00. The minimum absolute atomic E-state index is 0. The first-order valence-electron chi connectivity index (χ1n) is 8.00. The first kappa shape index (κ1) is 17.1. The van der Waals surface area contributed by atoms with Crippen molar-refractivity contribution in [1.29, 1.82) is 0 Å². The topological polar surface area (TPSA) is 64.3 Å². The Labute approximate surface area is 138 Å². The lowest BCUT2D eigenvalue weighted by molar-refractivity contribution is 0.0921. The molecular weight excluding hydrogens is 300 g/mol. The van der Waals surface area contributed by atoms with Gasteiger partial charge in [-0.05, 0) is 56.6 Å². The second kappa shape index (κ2) is 7.84. The highest BCUT2D eigenvalue weighted by atomic mass is 35.5. The molecule has 0 heterocycles. The number of ether oxygens (including phenoxy) is 1. The third-order valence-electron chi connectivity index (χ3n) is 4.41. The maximum absolute atomic E-state index is 12.5. The molecular formula is C17H25ClN2O2. The van der Waals surface area contributed by atoms with Gasteiger partial charge in [-0.1, -0.05) is 12.1 Å². The van der Waals surface area contributed by atoms with E-state index in [9.17, 15) is 4.79 Å². The summed E-state index contributed by atoms with van der Waals surface area (Å²) in [4.78, 5) is 12.5. The van der Waals surface area contributed by atoms with Crippen LogP contribution in [0.25, 0.3) is 0 Å². The van der Waals surface area contributed by atoms with Crippen LogP contribution in [0.3, 0.4) is 0 Å². The summed E-state index contributed by atoms with van der Waals surface area (Å²) in [5, 5.41) is 3.12. The SMILES string of the molecule is Cl.NC1CCC(NC(=O)c2ccccc2OCC2CC2)CC1. The van der Waals surface area contributed by atoms with Crippen LogP contribution in [-0.4, -0.2) is 24.6 Å². The van der Waals surface area contributed by atoms with Gasteiger partial charge in [0.2, 0.25) is 0 Å². The van der Waals surface area contributed by atoms with Crippen molar-refractivity contribution in [2.45, 2.75) is 50.6 Å². The van der Waals surface area contributed by atoms with Crippen molar-refractivity contribution in [3.05, 3.63) is 29.8 Å². The van der Waals surface area contributed by atoms with Crippen LogP contribution in [0.15, 0.2) is 24.3 Å². The molecule has 2 aliphatic carbocycles. The standard InChI is InChI=1S/C17H24N2O2.ClH/c18-13-7-9-14(10-8-13)19-17(20)15-3-1-2-4-16(15)21-11-12-5-6-12;/h1-4,12-14H,5-11,18H2,(H,19,20);1H. The minimum Gasteiger partial charge on any atom is -0.492 e. The van der Waals surface area contributed by atoms with Gasteiger partial charge in [0, 0.05) is 12.1 Å². The Kier molecular flexibility index (Phi) is 6.09. The van der Waals surface area contributed by atoms with Crippen LogP contribution in [-0.2, 0) is 0 Å². The Balaban J connectivity index is 0.00000176. The fraction of sp³-hybridized carbons (Fsp3) is 0.588. The lowest BCUT2D eigenvalue weighted by Gasteiger charge is -2.27. The molecule has 0 atom stereocenters. The van der Waals surface area contributed by atoms with Crippen molar-refractivity contribution in [2.24, 2.45) is 11.7 Å². The second-order valence-corrected chi connectivity index (χ2v) is 6.34. The maximum atomic E-state index is 12.5. The van der Waals surface area contributed by atoms with E-state index in [1.807, 2.05) is 24.3 Å². The first-order chi connectivity index (χ1) is 10.2. The van der Waals surface area contributed by atoms with Crippen LogP contribution in [0.2, 0.25) is 0 Å². The summed E-state index contributed by atoms with van der Waals surface area (Å²) >= 11 is 0.